The number of hydrogen-bond donors (Lipinski definition) is 2. The summed E-state index contributed by atoms with van der Waals surface area (Å²) in [7, 11) is -3.36. The van der Waals surface area contributed by atoms with Gasteiger partial charge in [0, 0.05) is 17.2 Å². The average Bonchev–Trinajstić information content (AvgIpc) is 3.87. The van der Waals surface area contributed by atoms with Gasteiger partial charge in [0.1, 0.15) is 5.82 Å². The minimum absolute atomic E-state index is 0.0513. The Bertz CT molecular complexity index is 1960. The number of nitrogens with one attached hydrogen (secondary N) is 1. The third kappa shape index (κ3) is 6.07. The van der Waals surface area contributed by atoms with Gasteiger partial charge >= 0.3 is 18.3 Å². The van der Waals surface area contributed by atoms with Gasteiger partial charge in [0.2, 0.25) is 0 Å². The number of aromatic nitrogens is 1. The molecule has 9 nitrogen and oxygen atoms in total. The largest absolute Gasteiger partial charge is 0.465 e. The number of amides is 1. The highest BCUT2D eigenvalue weighted by Gasteiger charge is 2.65. The molecular weight excluding hydrogens is 699 g/mol. The lowest BCUT2D eigenvalue weighted by Crippen LogP contribution is -2.56. The normalized spacial score (nSPS) is 23.9. The first kappa shape index (κ1) is 35.6. The Balaban J connectivity index is 1.40. The fraction of sp³-hybridized carbons (Fsp3) is 0.424. The first-order valence-corrected chi connectivity index (χ1v) is 16.9. The van der Waals surface area contributed by atoms with E-state index in [2.05, 4.69) is 10.3 Å². The minimum Gasteiger partial charge on any atom is -0.465 e. The Morgan fingerprint density at radius 1 is 1.00 bits per heavy atom. The molecule has 0 saturated heterocycles. The number of aliphatic hydroxyl groups is 1. The smallest absolute Gasteiger partial charge is 0.417 e. The van der Waals surface area contributed by atoms with Gasteiger partial charge in [-0.1, -0.05) is 6.07 Å². The van der Waals surface area contributed by atoms with Gasteiger partial charge in [-0.2, -0.15) is 26.3 Å². The number of alkyl halides is 6. The lowest BCUT2D eigenvalue weighted by molar-refractivity contribution is -0.273. The highest BCUT2D eigenvalue weighted by molar-refractivity contribution is 7.93. The Morgan fingerprint density at radius 2 is 1.68 bits per heavy atom. The second kappa shape index (κ2) is 12.2. The Morgan fingerprint density at radius 3 is 2.26 bits per heavy atom. The van der Waals surface area contributed by atoms with Crippen molar-refractivity contribution in [2.75, 3.05) is 11.4 Å². The van der Waals surface area contributed by atoms with Crippen LogP contribution in [0, 0.1) is 11.7 Å². The van der Waals surface area contributed by atoms with Gasteiger partial charge in [-0.25, -0.2) is 17.6 Å². The van der Waals surface area contributed by atoms with E-state index in [0.717, 1.165) is 17.5 Å². The molecule has 6 rings (SSSR count). The van der Waals surface area contributed by atoms with Gasteiger partial charge in [-0.05, 0) is 92.5 Å². The molecule has 2 heterocycles. The number of rotatable bonds is 7. The van der Waals surface area contributed by atoms with Crippen molar-refractivity contribution in [1.29, 1.82) is 0 Å². The molecule has 1 aliphatic heterocycles. The van der Waals surface area contributed by atoms with Crippen molar-refractivity contribution in [3.8, 4) is 0 Å². The maximum Gasteiger partial charge on any atom is 0.417 e. The highest BCUT2D eigenvalue weighted by Crippen LogP contribution is 2.62. The zero-order valence-electron chi connectivity index (χ0n) is 26.2. The second-order valence-corrected chi connectivity index (χ2v) is 14.7. The van der Waals surface area contributed by atoms with Crippen LogP contribution in [0.1, 0.15) is 76.1 Å². The molecule has 50 heavy (non-hydrogen) atoms. The number of nitrogens with zero attached hydrogens (tertiary/aromatic N) is 2. The van der Waals surface area contributed by atoms with E-state index in [9.17, 15) is 53.8 Å². The summed E-state index contributed by atoms with van der Waals surface area (Å²) in [5.41, 5.74) is -5.84. The highest BCUT2D eigenvalue weighted by atomic mass is 32.2. The summed E-state index contributed by atoms with van der Waals surface area (Å²) in [5, 5.41) is 13.0. The van der Waals surface area contributed by atoms with Crippen molar-refractivity contribution < 1.29 is 58.6 Å². The van der Waals surface area contributed by atoms with E-state index in [1.165, 1.54) is 36.4 Å². The molecular formula is C33H30F7N3O6S. The first-order chi connectivity index (χ1) is 23.3. The van der Waals surface area contributed by atoms with E-state index in [-0.39, 0.29) is 52.1 Å². The van der Waals surface area contributed by atoms with Crippen molar-refractivity contribution in [1.82, 2.24) is 10.3 Å². The van der Waals surface area contributed by atoms with E-state index in [1.54, 1.807) is 0 Å². The number of fused-ring (bicyclic) bond motifs is 2. The SMILES string of the molecule is COC(=O)c1cccc(S(=O)(=O)N2c3ccc(C(=O)NCc4ncc(C(F)(F)F)cc4F)cc3C3(CCC(O)(C(F)(F)F)CC3)C2C2CC2)c1. The Hall–Kier alpha value is -4.25. The molecule has 1 unspecified atom stereocenters. The molecule has 3 aliphatic rings. The zero-order chi connectivity index (χ0) is 36.4. The lowest BCUT2D eigenvalue weighted by atomic mass is 9.61. The van der Waals surface area contributed by atoms with Gasteiger partial charge in [0.05, 0.1) is 47.1 Å². The molecule has 2 aliphatic carbocycles. The van der Waals surface area contributed by atoms with Crippen LogP contribution in [0.25, 0.3) is 0 Å². The maximum absolute atomic E-state index is 14.5. The molecule has 3 aromatic rings. The summed E-state index contributed by atoms with van der Waals surface area (Å²) in [6.07, 6.45) is -10.3. The van der Waals surface area contributed by atoms with Crippen LogP contribution in [0.2, 0.25) is 0 Å². The standard InChI is InChI=1S/C33H30F7N3O6S/c1-49-29(45)20-3-2-4-22(13-20)50(47,48)43-26-8-7-19(28(44)42-17-25-24(34)15-21(16-41-25)32(35,36)37)14-23(26)30(27(43)18-5-6-18)9-11-31(46,12-10-30)33(38,39)40/h2-4,7-8,13-16,18,27,46H,5-6,9-12,17H2,1H3,(H,42,44). The van der Waals surface area contributed by atoms with Gasteiger partial charge < -0.3 is 15.2 Å². The monoisotopic (exact) mass is 729 g/mol. The van der Waals surface area contributed by atoms with E-state index in [0.29, 0.717) is 19.0 Å². The molecule has 0 bridgehead atoms. The molecule has 1 spiro atoms. The molecule has 2 N–H and O–H groups in total. The first-order valence-electron chi connectivity index (χ1n) is 15.5. The zero-order valence-corrected chi connectivity index (χ0v) is 27.1. The van der Waals surface area contributed by atoms with Crippen LogP contribution in [0.5, 0.6) is 0 Å². The van der Waals surface area contributed by atoms with E-state index in [4.69, 9.17) is 4.74 Å². The number of sulfonamides is 1. The summed E-state index contributed by atoms with van der Waals surface area (Å²) in [6, 6.07) is 8.44. The third-order valence-electron chi connectivity index (χ3n) is 9.89. The summed E-state index contributed by atoms with van der Waals surface area (Å²) < 4.78 is 130. The number of esters is 1. The summed E-state index contributed by atoms with van der Waals surface area (Å²) >= 11 is 0. The fourth-order valence-electron chi connectivity index (χ4n) is 7.13. The number of pyridine rings is 1. The second-order valence-electron chi connectivity index (χ2n) is 12.9. The lowest BCUT2D eigenvalue weighted by Gasteiger charge is -2.47. The Kier molecular flexibility index (Phi) is 8.69. The van der Waals surface area contributed by atoms with E-state index < -0.39 is 87.8 Å². The van der Waals surface area contributed by atoms with Crippen molar-refractivity contribution in [2.45, 2.75) is 79.4 Å². The van der Waals surface area contributed by atoms with Crippen LogP contribution < -0.4 is 9.62 Å². The molecule has 17 heteroatoms. The van der Waals surface area contributed by atoms with Crippen LogP contribution in [0.4, 0.5) is 36.4 Å². The van der Waals surface area contributed by atoms with Crippen molar-refractivity contribution >= 4 is 27.6 Å². The van der Waals surface area contributed by atoms with Crippen molar-refractivity contribution in [2.24, 2.45) is 5.92 Å². The number of benzene rings is 2. The minimum atomic E-state index is -4.95. The molecule has 1 atom stereocenters. The number of anilines is 1. The molecule has 0 radical (unpaired) electrons. The summed E-state index contributed by atoms with van der Waals surface area (Å²) in [5.74, 6) is -3.21. The van der Waals surface area contributed by atoms with Crippen LogP contribution in [0.3, 0.4) is 0 Å². The predicted octanol–water partition coefficient (Wildman–Crippen LogP) is 6.05. The van der Waals surface area contributed by atoms with Gasteiger partial charge in [-0.3, -0.25) is 14.1 Å². The van der Waals surface area contributed by atoms with Crippen molar-refractivity contribution in [3.63, 3.8) is 0 Å². The molecule has 1 aromatic heterocycles. The van der Waals surface area contributed by atoms with Gasteiger partial charge in [0.15, 0.2) is 5.60 Å². The fourth-order valence-corrected chi connectivity index (χ4v) is 8.97. The van der Waals surface area contributed by atoms with Gasteiger partial charge in [-0.15, -0.1) is 0 Å². The van der Waals surface area contributed by atoms with Gasteiger partial charge in [0.25, 0.3) is 15.9 Å². The molecule has 2 saturated carbocycles. The number of carbonyl (C=O) groups excluding carboxylic acids is 2. The number of halogens is 7. The maximum atomic E-state index is 14.5. The molecule has 1 amide bonds. The number of ether oxygens (including phenoxy) is 1. The quantitative estimate of drug-likeness (QED) is 0.224. The molecule has 268 valence electrons. The number of methoxy groups -OCH3 is 1. The van der Waals surface area contributed by atoms with Crippen LogP contribution >= 0.6 is 0 Å². The molecule has 2 aromatic carbocycles. The average molecular weight is 730 g/mol. The van der Waals surface area contributed by atoms with Crippen LogP contribution in [0.15, 0.2) is 59.6 Å². The van der Waals surface area contributed by atoms with E-state index in [1.807, 2.05) is 0 Å². The van der Waals surface area contributed by atoms with Crippen LogP contribution in [-0.4, -0.2) is 55.3 Å². The molecule has 2 fully saturated rings. The topological polar surface area (TPSA) is 126 Å². The van der Waals surface area contributed by atoms with Crippen molar-refractivity contribution in [3.05, 3.63) is 88.5 Å². The summed E-state index contributed by atoms with van der Waals surface area (Å²) in [4.78, 5) is 28.7. The third-order valence-corrected chi connectivity index (χ3v) is 11.7. The predicted molar refractivity (Wildman–Crippen MR) is 162 cm³/mol. The number of carbonyl (C=O) groups is 2. The summed E-state index contributed by atoms with van der Waals surface area (Å²) in [6.45, 7) is -0.606. The van der Waals surface area contributed by atoms with Crippen LogP contribution in [-0.2, 0) is 32.9 Å². The number of hydrogen-bond acceptors (Lipinski definition) is 7. The Labute approximate surface area is 281 Å². The van der Waals surface area contributed by atoms with E-state index >= 15 is 0 Å².